The molecule has 0 saturated carbocycles. The fourth-order valence-corrected chi connectivity index (χ4v) is 2.79. The molecule has 1 saturated heterocycles. The fourth-order valence-electron chi connectivity index (χ4n) is 2.79. The molecule has 3 heterocycles. The molecular formula is C15H20N4. The van der Waals surface area contributed by atoms with Gasteiger partial charge in [-0.1, -0.05) is 0 Å². The van der Waals surface area contributed by atoms with E-state index in [1.165, 1.54) is 23.4 Å². The van der Waals surface area contributed by atoms with E-state index in [4.69, 9.17) is 4.98 Å². The molecule has 1 N–H and O–H groups in total. The summed E-state index contributed by atoms with van der Waals surface area (Å²) in [6.45, 7) is 7.23. The molecule has 2 aromatic rings. The molecule has 1 aliphatic heterocycles. The summed E-state index contributed by atoms with van der Waals surface area (Å²) in [5.41, 5.74) is 4.71. The van der Waals surface area contributed by atoms with Crippen molar-refractivity contribution in [1.29, 1.82) is 0 Å². The SMILES string of the molecule is CCn1nccc1-c1cc(C)nc([C@@H]2CCNC2)c1. The van der Waals surface area contributed by atoms with Gasteiger partial charge in [-0.15, -0.1) is 0 Å². The van der Waals surface area contributed by atoms with Crippen LogP contribution < -0.4 is 5.32 Å². The van der Waals surface area contributed by atoms with E-state index in [2.05, 4.69) is 42.5 Å². The van der Waals surface area contributed by atoms with Crippen LogP contribution in [0.3, 0.4) is 0 Å². The van der Waals surface area contributed by atoms with Gasteiger partial charge in [0, 0.05) is 42.2 Å². The van der Waals surface area contributed by atoms with Crippen molar-refractivity contribution in [1.82, 2.24) is 20.1 Å². The van der Waals surface area contributed by atoms with E-state index in [0.717, 1.165) is 25.3 Å². The average molecular weight is 256 g/mol. The first kappa shape index (κ1) is 12.4. The highest BCUT2D eigenvalue weighted by Gasteiger charge is 2.19. The summed E-state index contributed by atoms with van der Waals surface area (Å²) in [5, 5.41) is 7.76. The maximum Gasteiger partial charge on any atom is 0.0683 e. The van der Waals surface area contributed by atoms with Crippen LogP contribution in [0.1, 0.15) is 30.7 Å². The quantitative estimate of drug-likeness (QED) is 0.916. The lowest BCUT2D eigenvalue weighted by Gasteiger charge is -2.12. The van der Waals surface area contributed by atoms with Crippen molar-refractivity contribution < 1.29 is 0 Å². The van der Waals surface area contributed by atoms with Crippen molar-refractivity contribution in [3.8, 4) is 11.3 Å². The molecule has 0 aromatic carbocycles. The number of aryl methyl sites for hydroxylation is 2. The van der Waals surface area contributed by atoms with Gasteiger partial charge in [0.1, 0.15) is 0 Å². The predicted octanol–water partition coefficient (Wildman–Crippen LogP) is 2.35. The molecular weight excluding hydrogens is 236 g/mol. The van der Waals surface area contributed by atoms with Crippen LogP contribution in [0.4, 0.5) is 0 Å². The third kappa shape index (κ3) is 2.40. The minimum atomic E-state index is 0.552. The van der Waals surface area contributed by atoms with Gasteiger partial charge in [0.25, 0.3) is 0 Å². The summed E-state index contributed by atoms with van der Waals surface area (Å²) in [7, 11) is 0. The normalized spacial score (nSPS) is 18.9. The molecule has 0 aliphatic carbocycles. The molecule has 1 atom stereocenters. The zero-order valence-electron chi connectivity index (χ0n) is 11.6. The van der Waals surface area contributed by atoms with Crippen LogP contribution in [0.15, 0.2) is 24.4 Å². The van der Waals surface area contributed by atoms with Gasteiger partial charge in [-0.2, -0.15) is 5.10 Å². The first-order chi connectivity index (χ1) is 9.28. The van der Waals surface area contributed by atoms with Gasteiger partial charge >= 0.3 is 0 Å². The Hall–Kier alpha value is -1.68. The first-order valence-corrected chi connectivity index (χ1v) is 6.99. The number of hydrogen-bond acceptors (Lipinski definition) is 3. The number of rotatable bonds is 3. The van der Waals surface area contributed by atoms with Crippen molar-refractivity contribution in [3.05, 3.63) is 35.8 Å². The van der Waals surface area contributed by atoms with E-state index in [0.29, 0.717) is 5.92 Å². The smallest absolute Gasteiger partial charge is 0.0683 e. The highest BCUT2D eigenvalue weighted by Crippen LogP contribution is 2.26. The van der Waals surface area contributed by atoms with Gasteiger partial charge in [-0.3, -0.25) is 9.67 Å². The highest BCUT2D eigenvalue weighted by molar-refractivity contribution is 5.60. The van der Waals surface area contributed by atoms with Gasteiger partial charge < -0.3 is 5.32 Å². The molecule has 19 heavy (non-hydrogen) atoms. The number of hydrogen-bond donors (Lipinski definition) is 1. The van der Waals surface area contributed by atoms with Crippen LogP contribution in [0.5, 0.6) is 0 Å². The molecule has 4 nitrogen and oxygen atoms in total. The largest absolute Gasteiger partial charge is 0.316 e. The Morgan fingerprint density at radius 1 is 1.42 bits per heavy atom. The Kier molecular flexibility index (Phi) is 3.34. The summed E-state index contributed by atoms with van der Waals surface area (Å²) in [6.07, 6.45) is 3.05. The molecule has 0 unspecified atom stereocenters. The lowest BCUT2D eigenvalue weighted by molar-refractivity contribution is 0.666. The monoisotopic (exact) mass is 256 g/mol. The zero-order valence-corrected chi connectivity index (χ0v) is 11.6. The third-order valence-corrected chi connectivity index (χ3v) is 3.76. The molecule has 3 rings (SSSR count). The second-order valence-corrected chi connectivity index (χ2v) is 5.14. The summed E-state index contributed by atoms with van der Waals surface area (Å²) < 4.78 is 2.03. The number of aromatic nitrogens is 3. The van der Waals surface area contributed by atoms with E-state index in [1.807, 2.05) is 10.9 Å². The summed E-state index contributed by atoms with van der Waals surface area (Å²) >= 11 is 0. The van der Waals surface area contributed by atoms with Crippen LogP contribution in [-0.4, -0.2) is 27.9 Å². The zero-order chi connectivity index (χ0) is 13.2. The van der Waals surface area contributed by atoms with Crippen molar-refractivity contribution >= 4 is 0 Å². The Balaban J connectivity index is 2.02. The molecule has 0 spiro atoms. The molecule has 1 fully saturated rings. The maximum atomic E-state index is 4.71. The van der Waals surface area contributed by atoms with Gasteiger partial charge in [-0.05, 0) is 45.0 Å². The maximum absolute atomic E-state index is 4.71. The molecule has 0 radical (unpaired) electrons. The lowest BCUT2D eigenvalue weighted by Crippen LogP contribution is -2.09. The van der Waals surface area contributed by atoms with E-state index in [1.54, 1.807) is 0 Å². The fraction of sp³-hybridized carbons (Fsp3) is 0.467. The van der Waals surface area contributed by atoms with Crippen molar-refractivity contribution in [2.75, 3.05) is 13.1 Å². The third-order valence-electron chi connectivity index (χ3n) is 3.76. The number of pyridine rings is 1. The van der Waals surface area contributed by atoms with Crippen LogP contribution >= 0.6 is 0 Å². The van der Waals surface area contributed by atoms with Gasteiger partial charge in [0.05, 0.1) is 5.69 Å². The second-order valence-electron chi connectivity index (χ2n) is 5.14. The van der Waals surface area contributed by atoms with Crippen LogP contribution in [0, 0.1) is 6.92 Å². The molecule has 4 heteroatoms. The van der Waals surface area contributed by atoms with Gasteiger partial charge in [0.2, 0.25) is 0 Å². The van der Waals surface area contributed by atoms with E-state index >= 15 is 0 Å². The Morgan fingerprint density at radius 3 is 3.05 bits per heavy atom. The molecule has 2 aromatic heterocycles. The second kappa shape index (κ2) is 5.13. The Morgan fingerprint density at radius 2 is 2.32 bits per heavy atom. The lowest BCUT2D eigenvalue weighted by atomic mass is 10.0. The Bertz CT molecular complexity index is 567. The van der Waals surface area contributed by atoms with Crippen LogP contribution in [0.2, 0.25) is 0 Å². The van der Waals surface area contributed by atoms with Crippen molar-refractivity contribution in [2.45, 2.75) is 32.7 Å². The molecule has 1 aliphatic rings. The summed E-state index contributed by atoms with van der Waals surface area (Å²) in [4.78, 5) is 4.71. The first-order valence-electron chi connectivity index (χ1n) is 6.99. The van der Waals surface area contributed by atoms with Crippen LogP contribution in [-0.2, 0) is 6.54 Å². The predicted molar refractivity (Wildman–Crippen MR) is 76.1 cm³/mol. The summed E-state index contributed by atoms with van der Waals surface area (Å²) in [6, 6.07) is 6.46. The minimum Gasteiger partial charge on any atom is -0.316 e. The minimum absolute atomic E-state index is 0.552. The van der Waals surface area contributed by atoms with Gasteiger partial charge in [-0.25, -0.2) is 0 Å². The van der Waals surface area contributed by atoms with Crippen molar-refractivity contribution in [2.24, 2.45) is 0 Å². The summed E-state index contributed by atoms with van der Waals surface area (Å²) in [5.74, 6) is 0.552. The molecule has 0 bridgehead atoms. The standard InChI is InChI=1S/C15H20N4/c1-3-19-15(5-7-17-19)13-8-11(2)18-14(9-13)12-4-6-16-10-12/h5,7-9,12,16H,3-4,6,10H2,1-2H3/t12-/m1/s1. The number of nitrogens with one attached hydrogen (secondary N) is 1. The van der Waals surface area contributed by atoms with Crippen molar-refractivity contribution in [3.63, 3.8) is 0 Å². The molecule has 0 amide bonds. The highest BCUT2D eigenvalue weighted by atomic mass is 15.3. The Labute approximate surface area is 113 Å². The van der Waals surface area contributed by atoms with E-state index < -0.39 is 0 Å². The van der Waals surface area contributed by atoms with E-state index in [-0.39, 0.29) is 0 Å². The van der Waals surface area contributed by atoms with Gasteiger partial charge in [0.15, 0.2) is 0 Å². The average Bonchev–Trinajstić information content (AvgIpc) is 3.09. The number of nitrogens with zero attached hydrogens (tertiary/aromatic N) is 3. The topological polar surface area (TPSA) is 42.7 Å². The molecule has 100 valence electrons. The van der Waals surface area contributed by atoms with Crippen LogP contribution in [0.25, 0.3) is 11.3 Å². The van der Waals surface area contributed by atoms with E-state index in [9.17, 15) is 0 Å².